The van der Waals surface area contributed by atoms with Crippen LogP contribution in [0.4, 0.5) is 0 Å². The van der Waals surface area contributed by atoms with Crippen molar-refractivity contribution in [2.45, 2.75) is 31.8 Å². The van der Waals surface area contributed by atoms with E-state index in [-0.39, 0.29) is 18.6 Å². The number of hydrogen-bond donors (Lipinski definition) is 1. The molecule has 0 heterocycles. The maximum absolute atomic E-state index is 10.7. The second-order valence-corrected chi connectivity index (χ2v) is 3.21. The molecule has 1 N–H and O–H groups in total. The molecule has 0 spiro atoms. The van der Waals surface area contributed by atoms with E-state index in [1.165, 1.54) is 7.11 Å². The van der Waals surface area contributed by atoms with Gasteiger partial charge in [0.15, 0.2) is 0 Å². The number of nitrogens with zero attached hydrogens (tertiary/aromatic N) is 1. The van der Waals surface area contributed by atoms with Crippen LogP contribution in [0, 0.1) is 0 Å². The van der Waals surface area contributed by atoms with Crippen LogP contribution in [0.3, 0.4) is 0 Å². The Morgan fingerprint density at radius 2 is 2.54 bits per heavy atom. The number of esters is 1. The Morgan fingerprint density at radius 3 is 3.15 bits per heavy atom. The van der Waals surface area contributed by atoms with Gasteiger partial charge in [0.25, 0.3) is 0 Å². The fraction of sp³-hybridized carbons (Fsp3) is 0.778. The van der Waals surface area contributed by atoms with Crippen LogP contribution in [0.2, 0.25) is 0 Å². The van der Waals surface area contributed by atoms with Crippen molar-refractivity contribution < 1.29 is 14.6 Å². The minimum atomic E-state index is -0.326. The minimum absolute atomic E-state index is 0.0819. The van der Waals surface area contributed by atoms with Gasteiger partial charge in [-0.05, 0) is 19.3 Å². The summed E-state index contributed by atoms with van der Waals surface area (Å²) in [4.78, 5) is 14.8. The molecule has 0 aliphatic heterocycles. The minimum Gasteiger partial charge on any atom is -0.468 e. The predicted molar refractivity (Wildman–Crippen MR) is 48.8 cm³/mol. The van der Waals surface area contributed by atoms with Gasteiger partial charge in [-0.25, -0.2) is 0 Å². The van der Waals surface area contributed by atoms with Crippen LogP contribution in [0.5, 0.6) is 0 Å². The molecule has 13 heavy (non-hydrogen) atoms. The molecule has 1 saturated carbocycles. The highest BCUT2D eigenvalue weighted by atomic mass is 16.5. The van der Waals surface area contributed by atoms with Gasteiger partial charge in [-0.15, -0.1) is 0 Å². The Hall–Kier alpha value is -0.900. The molecule has 1 atom stereocenters. The zero-order valence-electron chi connectivity index (χ0n) is 7.82. The Morgan fingerprint density at radius 1 is 1.77 bits per heavy atom. The first kappa shape index (κ1) is 10.2. The molecule has 4 heteroatoms. The molecular weight excluding hydrogens is 170 g/mol. The maximum atomic E-state index is 10.7. The van der Waals surface area contributed by atoms with E-state index in [1.807, 2.05) is 0 Å². The molecule has 0 saturated heterocycles. The molecule has 1 fully saturated rings. The second-order valence-electron chi connectivity index (χ2n) is 3.21. The smallest absolute Gasteiger partial charge is 0.327 e. The number of carbonyl (C=O) groups excluding carboxylic acids is 1. The Bertz CT molecular complexity index is 213. The molecule has 0 amide bonds. The van der Waals surface area contributed by atoms with Crippen LogP contribution in [0.15, 0.2) is 4.99 Å². The quantitative estimate of drug-likeness (QED) is 0.638. The fourth-order valence-electron chi connectivity index (χ4n) is 1.40. The van der Waals surface area contributed by atoms with Gasteiger partial charge in [0, 0.05) is 12.1 Å². The van der Waals surface area contributed by atoms with E-state index in [0.717, 1.165) is 25.0 Å². The van der Waals surface area contributed by atoms with Crippen LogP contribution in [-0.2, 0) is 9.53 Å². The first-order valence-electron chi connectivity index (χ1n) is 4.49. The third-order valence-corrected chi connectivity index (χ3v) is 2.13. The van der Waals surface area contributed by atoms with Gasteiger partial charge in [-0.2, -0.15) is 0 Å². The third kappa shape index (κ3) is 3.55. The first-order chi connectivity index (χ1) is 6.22. The van der Waals surface area contributed by atoms with Gasteiger partial charge in [0.1, 0.15) is 6.54 Å². The number of aliphatic imine (C=N–C) groups is 1. The SMILES string of the molecule is COC(=O)CN=C1CCCC(O)C1. The average Bonchev–Trinajstić information content (AvgIpc) is 2.14. The number of aliphatic hydroxyl groups is 1. The molecule has 0 radical (unpaired) electrons. The summed E-state index contributed by atoms with van der Waals surface area (Å²) in [6, 6.07) is 0. The summed E-state index contributed by atoms with van der Waals surface area (Å²) >= 11 is 0. The van der Waals surface area contributed by atoms with Crippen molar-refractivity contribution in [1.29, 1.82) is 0 Å². The normalized spacial score (nSPS) is 26.0. The number of aliphatic hydroxyl groups excluding tert-OH is 1. The van der Waals surface area contributed by atoms with E-state index in [9.17, 15) is 9.90 Å². The zero-order valence-corrected chi connectivity index (χ0v) is 7.82. The monoisotopic (exact) mass is 185 g/mol. The summed E-state index contributed by atoms with van der Waals surface area (Å²) in [5.74, 6) is -0.326. The first-order valence-corrected chi connectivity index (χ1v) is 4.49. The number of rotatable bonds is 2. The fourth-order valence-corrected chi connectivity index (χ4v) is 1.40. The van der Waals surface area contributed by atoms with E-state index in [1.54, 1.807) is 0 Å². The number of hydrogen-bond acceptors (Lipinski definition) is 4. The lowest BCUT2D eigenvalue weighted by atomic mass is 9.96. The second kappa shape index (κ2) is 4.97. The summed E-state index contributed by atoms with van der Waals surface area (Å²) < 4.78 is 4.46. The molecule has 4 nitrogen and oxygen atoms in total. The van der Waals surface area contributed by atoms with Crippen molar-refractivity contribution in [2.75, 3.05) is 13.7 Å². The molecule has 0 aromatic carbocycles. The lowest BCUT2D eigenvalue weighted by molar-refractivity contribution is -0.138. The Balaban J connectivity index is 2.37. The maximum Gasteiger partial charge on any atom is 0.327 e. The topological polar surface area (TPSA) is 58.9 Å². The van der Waals surface area contributed by atoms with Gasteiger partial charge in [0.05, 0.1) is 13.2 Å². The van der Waals surface area contributed by atoms with Crippen molar-refractivity contribution in [3.63, 3.8) is 0 Å². The zero-order chi connectivity index (χ0) is 9.68. The van der Waals surface area contributed by atoms with Crippen LogP contribution in [0.1, 0.15) is 25.7 Å². The van der Waals surface area contributed by atoms with Gasteiger partial charge >= 0.3 is 5.97 Å². The molecule has 1 aliphatic rings. The van der Waals surface area contributed by atoms with Gasteiger partial charge in [-0.1, -0.05) is 0 Å². The third-order valence-electron chi connectivity index (χ3n) is 2.13. The van der Waals surface area contributed by atoms with Gasteiger partial charge < -0.3 is 9.84 Å². The summed E-state index contributed by atoms with van der Waals surface area (Å²) in [5.41, 5.74) is 0.934. The standard InChI is InChI=1S/C9H15NO3/c1-13-9(12)6-10-7-3-2-4-8(11)5-7/h8,11H,2-6H2,1H3. The molecule has 0 aromatic rings. The summed E-state index contributed by atoms with van der Waals surface area (Å²) in [6.07, 6.45) is 3.04. The summed E-state index contributed by atoms with van der Waals surface area (Å²) in [7, 11) is 1.35. The van der Waals surface area contributed by atoms with Gasteiger partial charge in [-0.3, -0.25) is 9.79 Å². The van der Waals surface area contributed by atoms with Crippen LogP contribution in [0.25, 0.3) is 0 Å². The lowest BCUT2D eigenvalue weighted by Gasteiger charge is -2.18. The number of methoxy groups -OCH3 is 1. The summed E-state index contributed by atoms with van der Waals surface area (Å²) in [5, 5.41) is 9.31. The molecule has 1 unspecified atom stereocenters. The predicted octanol–water partition coefficient (Wildman–Crippen LogP) is 0.535. The van der Waals surface area contributed by atoms with Crippen LogP contribution >= 0.6 is 0 Å². The van der Waals surface area contributed by atoms with Crippen molar-refractivity contribution in [1.82, 2.24) is 0 Å². The Kier molecular flexibility index (Phi) is 3.89. The van der Waals surface area contributed by atoms with Gasteiger partial charge in [0.2, 0.25) is 0 Å². The highest BCUT2D eigenvalue weighted by Gasteiger charge is 2.15. The van der Waals surface area contributed by atoms with Crippen molar-refractivity contribution in [2.24, 2.45) is 4.99 Å². The largest absolute Gasteiger partial charge is 0.468 e. The molecule has 0 bridgehead atoms. The van der Waals surface area contributed by atoms with E-state index >= 15 is 0 Å². The highest BCUT2D eigenvalue weighted by molar-refractivity contribution is 5.87. The average molecular weight is 185 g/mol. The van der Waals surface area contributed by atoms with Crippen LogP contribution in [-0.4, -0.2) is 36.5 Å². The van der Waals surface area contributed by atoms with Crippen molar-refractivity contribution in [3.8, 4) is 0 Å². The number of carbonyl (C=O) groups is 1. The van der Waals surface area contributed by atoms with E-state index in [0.29, 0.717) is 6.42 Å². The van der Waals surface area contributed by atoms with E-state index in [2.05, 4.69) is 9.73 Å². The molecule has 0 aromatic heterocycles. The lowest BCUT2D eigenvalue weighted by Crippen LogP contribution is -2.20. The molecular formula is C9H15NO3. The van der Waals surface area contributed by atoms with E-state index in [4.69, 9.17) is 0 Å². The van der Waals surface area contributed by atoms with Crippen LogP contribution < -0.4 is 0 Å². The summed E-state index contributed by atoms with van der Waals surface area (Å²) in [6.45, 7) is 0.0819. The Labute approximate surface area is 77.6 Å². The van der Waals surface area contributed by atoms with E-state index < -0.39 is 0 Å². The highest BCUT2D eigenvalue weighted by Crippen LogP contribution is 2.15. The molecule has 74 valence electrons. The van der Waals surface area contributed by atoms with Crippen molar-refractivity contribution in [3.05, 3.63) is 0 Å². The number of ether oxygens (including phenoxy) is 1. The molecule has 1 aliphatic carbocycles. The molecule has 1 rings (SSSR count). The van der Waals surface area contributed by atoms with Crippen molar-refractivity contribution >= 4 is 11.7 Å².